The molecule has 19 heavy (non-hydrogen) atoms. The van der Waals surface area contributed by atoms with E-state index in [1.807, 2.05) is 6.07 Å². The third kappa shape index (κ3) is 3.48. The smallest absolute Gasteiger partial charge is 0.134 e. The van der Waals surface area contributed by atoms with Crippen molar-refractivity contribution in [3.05, 3.63) is 22.3 Å². The number of aliphatic hydroxyl groups is 1. The van der Waals surface area contributed by atoms with Gasteiger partial charge in [-0.1, -0.05) is 13.8 Å². The molecule has 3 nitrogen and oxygen atoms in total. The van der Waals surface area contributed by atoms with Crippen LogP contribution in [0, 0.1) is 5.41 Å². The van der Waals surface area contributed by atoms with Crippen LogP contribution >= 0.6 is 15.9 Å². The van der Waals surface area contributed by atoms with Gasteiger partial charge >= 0.3 is 0 Å². The number of pyridine rings is 1. The lowest BCUT2D eigenvalue weighted by Crippen LogP contribution is -2.38. The summed E-state index contributed by atoms with van der Waals surface area (Å²) in [5, 5.41) is 9.49. The van der Waals surface area contributed by atoms with Crippen molar-refractivity contribution in [2.75, 3.05) is 11.9 Å². The monoisotopic (exact) mass is 326 g/mol. The normalized spacial score (nSPS) is 19.4. The highest BCUT2D eigenvalue weighted by atomic mass is 79.9. The average molecular weight is 327 g/mol. The van der Waals surface area contributed by atoms with Crippen LogP contribution in [0.3, 0.4) is 0 Å². The molecule has 106 valence electrons. The molecule has 0 amide bonds. The van der Waals surface area contributed by atoms with Crippen LogP contribution in [0.2, 0.25) is 0 Å². The number of anilines is 1. The van der Waals surface area contributed by atoms with Crippen molar-refractivity contribution in [2.24, 2.45) is 5.41 Å². The summed E-state index contributed by atoms with van der Waals surface area (Å²) in [5.41, 5.74) is 1.37. The Balaban J connectivity index is 2.14. The molecular formula is C15H23BrN2O. The fourth-order valence-corrected chi connectivity index (χ4v) is 3.23. The summed E-state index contributed by atoms with van der Waals surface area (Å²) < 4.78 is 0.915. The topological polar surface area (TPSA) is 36.4 Å². The van der Waals surface area contributed by atoms with Gasteiger partial charge in [0.2, 0.25) is 0 Å². The number of hydrogen-bond acceptors (Lipinski definition) is 3. The number of hydrogen-bond donors (Lipinski definition) is 1. The van der Waals surface area contributed by atoms with E-state index in [0.29, 0.717) is 11.5 Å². The highest BCUT2D eigenvalue weighted by Crippen LogP contribution is 2.38. The molecule has 1 N–H and O–H groups in total. The van der Waals surface area contributed by atoms with E-state index in [1.165, 1.54) is 25.7 Å². The van der Waals surface area contributed by atoms with Gasteiger partial charge in [-0.15, -0.1) is 0 Å². The second-order valence-corrected chi connectivity index (χ2v) is 7.22. The van der Waals surface area contributed by atoms with Gasteiger partial charge in [0.25, 0.3) is 0 Å². The van der Waals surface area contributed by atoms with Crippen LogP contribution in [0.1, 0.15) is 45.1 Å². The molecule has 1 fully saturated rings. The second kappa shape index (κ2) is 5.80. The zero-order valence-corrected chi connectivity index (χ0v) is 13.6. The van der Waals surface area contributed by atoms with Crippen molar-refractivity contribution < 1.29 is 5.11 Å². The first-order chi connectivity index (χ1) is 8.93. The van der Waals surface area contributed by atoms with E-state index in [0.717, 1.165) is 15.9 Å². The van der Waals surface area contributed by atoms with E-state index >= 15 is 0 Å². The van der Waals surface area contributed by atoms with Crippen molar-refractivity contribution in [3.8, 4) is 0 Å². The van der Waals surface area contributed by atoms with Crippen molar-refractivity contribution in [2.45, 2.75) is 52.2 Å². The first-order valence-electron chi connectivity index (χ1n) is 6.91. The van der Waals surface area contributed by atoms with Gasteiger partial charge in [-0.05, 0) is 53.1 Å². The predicted molar refractivity (Wildman–Crippen MR) is 82.3 cm³/mol. The highest BCUT2D eigenvalue weighted by molar-refractivity contribution is 9.10. The standard InChI is InChI=1S/C15H23BrN2O/c1-15(2)6-4-13(5-7-15)18(3)14-11(10-19)8-12(16)9-17-14/h8-9,13,19H,4-7,10H2,1-3H3. The van der Waals surface area contributed by atoms with Gasteiger partial charge in [0.15, 0.2) is 0 Å². The van der Waals surface area contributed by atoms with Gasteiger partial charge in [-0.2, -0.15) is 0 Å². The fraction of sp³-hybridized carbons (Fsp3) is 0.667. The van der Waals surface area contributed by atoms with Crippen LogP contribution in [-0.4, -0.2) is 23.2 Å². The molecule has 0 aliphatic heterocycles. The molecule has 0 spiro atoms. The van der Waals surface area contributed by atoms with Crippen molar-refractivity contribution in [1.29, 1.82) is 0 Å². The summed E-state index contributed by atoms with van der Waals surface area (Å²) in [6.45, 7) is 4.73. The largest absolute Gasteiger partial charge is 0.392 e. The van der Waals surface area contributed by atoms with E-state index in [1.54, 1.807) is 6.20 Å². The molecule has 1 aliphatic rings. The van der Waals surface area contributed by atoms with Gasteiger partial charge in [0, 0.05) is 29.3 Å². The lowest BCUT2D eigenvalue weighted by Gasteiger charge is -2.39. The maximum absolute atomic E-state index is 9.49. The Bertz CT molecular complexity index is 438. The van der Waals surface area contributed by atoms with Gasteiger partial charge in [0.1, 0.15) is 5.82 Å². The van der Waals surface area contributed by atoms with Gasteiger partial charge < -0.3 is 10.0 Å². The third-order valence-corrected chi connectivity index (χ3v) is 4.70. The summed E-state index contributed by atoms with van der Waals surface area (Å²) >= 11 is 3.41. The summed E-state index contributed by atoms with van der Waals surface area (Å²) in [5.74, 6) is 0.912. The lowest BCUT2D eigenvalue weighted by atomic mass is 9.75. The highest BCUT2D eigenvalue weighted by Gasteiger charge is 2.29. The Kier molecular flexibility index (Phi) is 4.51. The van der Waals surface area contributed by atoms with Crippen LogP contribution < -0.4 is 4.90 Å². The predicted octanol–water partition coefficient (Wildman–Crippen LogP) is 3.74. The summed E-state index contributed by atoms with van der Waals surface area (Å²) in [6, 6.07) is 2.48. The first-order valence-corrected chi connectivity index (χ1v) is 7.70. The molecule has 0 radical (unpaired) electrons. The summed E-state index contributed by atoms with van der Waals surface area (Å²) in [4.78, 5) is 6.72. The van der Waals surface area contributed by atoms with E-state index in [9.17, 15) is 5.11 Å². The molecule has 0 aromatic carbocycles. The van der Waals surface area contributed by atoms with Crippen LogP contribution in [0.5, 0.6) is 0 Å². The molecule has 1 aromatic rings. The quantitative estimate of drug-likeness (QED) is 0.919. The van der Waals surface area contributed by atoms with Gasteiger partial charge in [0.05, 0.1) is 6.61 Å². The van der Waals surface area contributed by atoms with E-state index in [2.05, 4.69) is 46.7 Å². The Morgan fingerprint density at radius 2 is 2.05 bits per heavy atom. The maximum Gasteiger partial charge on any atom is 0.134 e. The lowest BCUT2D eigenvalue weighted by molar-refractivity contribution is 0.221. The van der Waals surface area contributed by atoms with Crippen molar-refractivity contribution in [3.63, 3.8) is 0 Å². The minimum absolute atomic E-state index is 0.0321. The summed E-state index contributed by atoms with van der Waals surface area (Å²) in [6.07, 6.45) is 6.72. The van der Waals surface area contributed by atoms with Crippen LogP contribution in [0.4, 0.5) is 5.82 Å². The minimum atomic E-state index is 0.0321. The molecule has 1 saturated carbocycles. The molecule has 2 rings (SSSR count). The molecule has 1 heterocycles. The maximum atomic E-state index is 9.49. The Morgan fingerprint density at radius 3 is 2.63 bits per heavy atom. The van der Waals surface area contributed by atoms with Gasteiger partial charge in [-0.25, -0.2) is 4.98 Å². The number of aliphatic hydroxyl groups excluding tert-OH is 1. The Morgan fingerprint density at radius 1 is 1.42 bits per heavy atom. The molecule has 1 aliphatic carbocycles. The third-order valence-electron chi connectivity index (χ3n) is 4.27. The van der Waals surface area contributed by atoms with Crippen molar-refractivity contribution in [1.82, 2.24) is 4.98 Å². The Labute approximate surface area is 124 Å². The molecule has 1 aromatic heterocycles. The zero-order valence-electron chi connectivity index (χ0n) is 12.0. The second-order valence-electron chi connectivity index (χ2n) is 6.30. The molecule has 0 saturated heterocycles. The van der Waals surface area contributed by atoms with Gasteiger partial charge in [-0.3, -0.25) is 0 Å². The van der Waals surface area contributed by atoms with Crippen LogP contribution in [-0.2, 0) is 6.61 Å². The number of nitrogens with zero attached hydrogens (tertiary/aromatic N) is 2. The number of rotatable bonds is 3. The Hall–Kier alpha value is -0.610. The van der Waals surface area contributed by atoms with E-state index in [-0.39, 0.29) is 6.61 Å². The van der Waals surface area contributed by atoms with Crippen LogP contribution in [0.25, 0.3) is 0 Å². The minimum Gasteiger partial charge on any atom is -0.392 e. The van der Waals surface area contributed by atoms with E-state index < -0.39 is 0 Å². The van der Waals surface area contributed by atoms with Crippen LogP contribution in [0.15, 0.2) is 16.7 Å². The first kappa shape index (κ1) is 14.8. The molecule has 4 heteroatoms. The number of aromatic nitrogens is 1. The van der Waals surface area contributed by atoms with E-state index in [4.69, 9.17) is 0 Å². The fourth-order valence-electron chi connectivity index (χ4n) is 2.85. The summed E-state index contributed by atoms with van der Waals surface area (Å²) in [7, 11) is 2.10. The molecule has 0 unspecified atom stereocenters. The SMILES string of the molecule is CN(c1ncc(Br)cc1CO)C1CCC(C)(C)CC1. The zero-order chi connectivity index (χ0) is 14.0. The average Bonchev–Trinajstić information content (AvgIpc) is 2.37. The van der Waals surface area contributed by atoms with Crippen molar-refractivity contribution >= 4 is 21.7 Å². The molecule has 0 atom stereocenters. The number of halogens is 1. The molecule has 0 bridgehead atoms. The molecular weight excluding hydrogens is 304 g/mol.